The third-order valence-electron chi connectivity index (χ3n) is 4.12. The van der Waals surface area contributed by atoms with Crippen LogP contribution in [0.3, 0.4) is 0 Å². The van der Waals surface area contributed by atoms with Crippen molar-refractivity contribution in [2.45, 2.75) is 25.9 Å². The molecule has 5 heteroatoms. The normalized spacial score (nSPS) is 19.8. The highest BCUT2D eigenvalue weighted by Gasteiger charge is 2.22. The molecule has 1 aromatic carbocycles. The molecule has 2 aliphatic rings. The van der Waals surface area contributed by atoms with Crippen LogP contribution in [0.4, 0.5) is 5.69 Å². The van der Waals surface area contributed by atoms with E-state index in [9.17, 15) is 10.1 Å². The van der Waals surface area contributed by atoms with Crippen LogP contribution >= 0.6 is 0 Å². The highest BCUT2D eigenvalue weighted by Crippen LogP contribution is 2.26. The fourth-order valence-electron chi connectivity index (χ4n) is 3.01. The van der Waals surface area contributed by atoms with E-state index in [1.807, 2.05) is 6.07 Å². The Morgan fingerprint density at radius 1 is 1.05 bits per heavy atom. The molecule has 0 aromatic heterocycles. The quantitative estimate of drug-likeness (QED) is 0.614. The second-order valence-corrected chi connectivity index (χ2v) is 5.47. The van der Waals surface area contributed by atoms with Gasteiger partial charge < -0.3 is 4.90 Å². The van der Waals surface area contributed by atoms with Crippen molar-refractivity contribution in [1.82, 2.24) is 9.80 Å². The Hall–Kier alpha value is -1.46. The Labute approximate surface area is 113 Å². The average molecular weight is 261 g/mol. The molecular weight excluding hydrogens is 242 g/mol. The topological polar surface area (TPSA) is 49.6 Å². The Bertz CT molecular complexity index is 484. The summed E-state index contributed by atoms with van der Waals surface area (Å²) in [6, 6.07) is 5.25. The number of nitrogens with zero attached hydrogens (tertiary/aromatic N) is 3. The van der Waals surface area contributed by atoms with Crippen LogP contribution in [0.5, 0.6) is 0 Å². The second kappa shape index (κ2) is 5.27. The van der Waals surface area contributed by atoms with Gasteiger partial charge in [0.05, 0.1) is 4.92 Å². The number of hydrogen-bond donors (Lipinski definition) is 0. The van der Waals surface area contributed by atoms with Crippen LogP contribution in [0.1, 0.15) is 24.0 Å². The largest absolute Gasteiger partial charge is 0.302 e. The van der Waals surface area contributed by atoms with Gasteiger partial charge in [0.2, 0.25) is 0 Å². The van der Waals surface area contributed by atoms with E-state index in [1.54, 1.807) is 12.1 Å². The molecule has 2 aliphatic heterocycles. The summed E-state index contributed by atoms with van der Waals surface area (Å²) in [4.78, 5) is 15.3. The summed E-state index contributed by atoms with van der Waals surface area (Å²) in [5.74, 6) is 0. The SMILES string of the molecule is O=[N+]([O-])c1ccc2c(c1)CN(CCN1CCCC1)C2. The van der Waals surface area contributed by atoms with Crippen molar-refractivity contribution in [3.8, 4) is 0 Å². The van der Waals surface area contributed by atoms with Gasteiger partial charge in [-0.3, -0.25) is 15.0 Å². The molecule has 0 atom stereocenters. The molecule has 0 radical (unpaired) electrons. The monoisotopic (exact) mass is 261 g/mol. The standard InChI is InChI=1S/C14H19N3O2/c18-17(19)14-4-3-12-10-16(11-13(12)9-14)8-7-15-5-1-2-6-15/h3-4,9H,1-2,5-8,10-11H2. The number of benzene rings is 1. The van der Waals surface area contributed by atoms with Gasteiger partial charge in [-0.05, 0) is 37.1 Å². The Balaban J connectivity index is 1.58. The van der Waals surface area contributed by atoms with Gasteiger partial charge in [0.15, 0.2) is 0 Å². The summed E-state index contributed by atoms with van der Waals surface area (Å²) < 4.78 is 0. The second-order valence-electron chi connectivity index (χ2n) is 5.47. The summed E-state index contributed by atoms with van der Waals surface area (Å²) >= 11 is 0. The van der Waals surface area contributed by atoms with Gasteiger partial charge >= 0.3 is 0 Å². The van der Waals surface area contributed by atoms with Crippen molar-refractivity contribution in [1.29, 1.82) is 0 Å². The number of rotatable bonds is 4. The minimum atomic E-state index is -0.312. The molecule has 0 saturated carbocycles. The van der Waals surface area contributed by atoms with Gasteiger partial charge in [-0.1, -0.05) is 6.07 Å². The van der Waals surface area contributed by atoms with Crippen LogP contribution in [0.15, 0.2) is 18.2 Å². The summed E-state index contributed by atoms with van der Waals surface area (Å²) in [5, 5.41) is 10.8. The van der Waals surface area contributed by atoms with E-state index in [4.69, 9.17) is 0 Å². The van der Waals surface area contributed by atoms with Crippen LogP contribution in [0, 0.1) is 10.1 Å². The molecule has 1 fully saturated rings. The first kappa shape index (κ1) is 12.6. The molecule has 2 heterocycles. The van der Waals surface area contributed by atoms with E-state index in [0.717, 1.165) is 31.7 Å². The summed E-state index contributed by atoms with van der Waals surface area (Å²) in [7, 11) is 0. The molecule has 5 nitrogen and oxygen atoms in total. The highest BCUT2D eigenvalue weighted by molar-refractivity contribution is 5.41. The molecule has 0 bridgehead atoms. The maximum absolute atomic E-state index is 10.8. The Morgan fingerprint density at radius 3 is 2.47 bits per heavy atom. The lowest BCUT2D eigenvalue weighted by atomic mass is 10.1. The molecule has 0 spiro atoms. The van der Waals surface area contributed by atoms with E-state index >= 15 is 0 Å². The lowest BCUT2D eigenvalue weighted by Gasteiger charge is -2.20. The van der Waals surface area contributed by atoms with Crippen LogP contribution in [0.2, 0.25) is 0 Å². The van der Waals surface area contributed by atoms with E-state index < -0.39 is 0 Å². The predicted octanol–water partition coefficient (Wildman–Crippen LogP) is 2.01. The predicted molar refractivity (Wildman–Crippen MR) is 72.9 cm³/mol. The molecule has 0 N–H and O–H groups in total. The zero-order chi connectivity index (χ0) is 13.2. The van der Waals surface area contributed by atoms with Crippen molar-refractivity contribution in [2.75, 3.05) is 26.2 Å². The van der Waals surface area contributed by atoms with E-state index in [0.29, 0.717) is 0 Å². The van der Waals surface area contributed by atoms with Crippen LogP contribution in [0.25, 0.3) is 0 Å². The molecule has 0 unspecified atom stereocenters. The van der Waals surface area contributed by atoms with Crippen molar-refractivity contribution in [2.24, 2.45) is 0 Å². The summed E-state index contributed by atoms with van der Waals surface area (Å²) in [6.45, 7) is 6.42. The van der Waals surface area contributed by atoms with E-state index in [1.165, 1.54) is 31.5 Å². The van der Waals surface area contributed by atoms with E-state index in [-0.39, 0.29) is 10.6 Å². The average Bonchev–Trinajstić information content (AvgIpc) is 3.04. The first-order valence-electron chi connectivity index (χ1n) is 6.93. The molecule has 3 rings (SSSR count). The van der Waals surface area contributed by atoms with Gasteiger partial charge in [-0.2, -0.15) is 0 Å². The van der Waals surface area contributed by atoms with Gasteiger partial charge in [-0.15, -0.1) is 0 Å². The van der Waals surface area contributed by atoms with Crippen molar-refractivity contribution in [3.05, 3.63) is 39.4 Å². The highest BCUT2D eigenvalue weighted by atomic mass is 16.6. The van der Waals surface area contributed by atoms with Gasteiger partial charge in [0.1, 0.15) is 0 Å². The molecular formula is C14H19N3O2. The molecule has 0 aliphatic carbocycles. The Morgan fingerprint density at radius 2 is 1.74 bits per heavy atom. The first-order chi connectivity index (χ1) is 9.22. The number of hydrogen-bond acceptors (Lipinski definition) is 4. The Kier molecular flexibility index (Phi) is 3.48. The summed E-state index contributed by atoms with van der Waals surface area (Å²) in [5.41, 5.74) is 2.57. The maximum atomic E-state index is 10.8. The molecule has 0 amide bonds. The zero-order valence-corrected chi connectivity index (χ0v) is 11.0. The van der Waals surface area contributed by atoms with Crippen molar-refractivity contribution >= 4 is 5.69 Å². The molecule has 102 valence electrons. The van der Waals surface area contributed by atoms with Gasteiger partial charge in [0.25, 0.3) is 5.69 Å². The third-order valence-corrected chi connectivity index (χ3v) is 4.12. The van der Waals surface area contributed by atoms with Crippen LogP contribution in [-0.4, -0.2) is 40.9 Å². The lowest BCUT2D eigenvalue weighted by molar-refractivity contribution is -0.384. The first-order valence-corrected chi connectivity index (χ1v) is 6.93. The third kappa shape index (κ3) is 2.77. The smallest absolute Gasteiger partial charge is 0.269 e. The lowest BCUT2D eigenvalue weighted by Crippen LogP contribution is -2.30. The van der Waals surface area contributed by atoms with Crippen molar-refractivity contribution in [3.63, 3.8) is 0 Å². The van der Waals surface area contributed by atoms with E-state index in [2.05, 4.69) is 9.80 Å². The summed E-state index contributed by atoms with van der Waals surface area (Å²) in [6.07, 6.45) is 2.65. The maximum Gasteiger partial charge on any atom is 0.269 e. The minimum Gasteiger partial charge on any atom is -0.302 e. The number of non-ortho nitro benzene ring substituents is 1. The van der Waals surface area contributed by atoms with Gasteiger partial charge in [-0.25, -0.2) is 0 Å². The fourth-order valence-corrected chi connectivity index (χ4v) is 3.01. The molecule has 19 heavy (non-hydrogen) atoms. The number of nitro groups is 1. The van der Waals surface area contributed by atoms with Crippen molar-refractivity contribution < 1.29 is 4.92 Å². The van der Waals surface area contributed by atoms with Crippen LogP contribution in [-0.2, 0) is 13.1 Å². The molecule has 1 saturated heterocycles. The van der Waals surface area contributed by atoms with Crippen LogP contribution < -0.4 is 0 Å². The number of fused-ring (bicyclic) bond motifs is 1. The zero-order valence-electron chi connectivity index (χ0n) is 11.0. The molecule has 1 aromatic rings. The number of likely N-dealkylation sites (tertiary alicyclic amines) is 1. The number of nitro benzene ring substituents is 1. The fraction of sp³-hybridized carbons (Fsp3) is 0.571. The van der Waals surface area contributed by atoms with Gasteiger partial charge in [0, 0.05) is 38.3 Å². The minimum absolute atomic E-state index is 0.208.